The summed E-state index contributed by atoms with van der Waals surface area (Å²) in [5, 5.41) is 10.6. The van der Waals surface area contributed by atoms with E-state index in [-0.39, 0.29) is 5.91 Å². The molecule has 138 valence electrons. The van der Waals surface area contributed by atoms with Gasteiger partial charge < -0.3 is 0 Å². The van der Waals surface area contributed by atoms with E-state index in [1.54, 1.807) is 22.2 Å². The first-order valence-corrected chi connectivity index (χ1v) is 10.5. The van der Waals surface area contributed by atoms with Gasteiger partial charge >= 0.3 is 0 Å². The van der Waals surface area contributed by atoms with E-state index in [0.717, 1.165) is 26.2 Å². The van der Waals surface area contributed by atoms with E-state index in [2.05, 4.69) is 15.4 Å². The van der Waals surface area contributed by atoms with Crippen molar-refractivity contribution in [1.29, 1.82) is 0 Å². The third-order valence-corrected chi connectivity index (χ3v) is 6.29. The van der Waals surface area contributed by atoms with Crippen LogP contribution < -0.4 is 5.32 Å². The molecular weight excluding hydrogens is 390 g/mol. The van der Waals surface area contributed by atoms with Crippen molar-refractivity contribution in [2.24, 2.45) is 0 Å². The van der Waals surface area contributed by atoms with Gasteiger partial charge in [-0.05, 0) is 36.6 Å². The molecule has 0 spiro atoms. The van der Waals surface area contributed by atoms with Crippen molar-refractivity contribution < 1.29 is 4.79 Å². The molecule has 0 atom stereocenters. The van der Waals surface area contributed by atoms with Gasteiger partial charge in [-0.25, -0.2) is 14.6 Å². The lowest BCUT2D eigenvalue weighted by Crippen LogP contribution is -2.13. The Balaban J connectivity index is 1.60. The number of pyridine rings is 1. The van der Waals surface area contributed by atoms with Crippen molar-refractivity contribution in [2.75, 3.05) is 5.32 Å². The number of nitrogens with zero attached hydrogens (tertiary/aromatic N) is 4. The summed E-state index contributed by atoms with van der Waals surface area (Å²) in [5.41, 5.74) is 2.91. The number of rotatable bonds is 4. The fraction of sp³-hybridized carbons (Fsp3) is 0.100. The second-order valence-corrected chi connectivity index (χ2v) is 8.15. The summed E-state index contributed by atoms with van der Waals surface area (Å²) < 4.78 is 2.84. The van der Waals surface area contributed by atoms with Gasteiger partial charge in [-0.15, -0.1) is 11.3 Å². The molecule has 0 radical (unpaired) electrons. The quantitative estimate of drug-likeness (QED) is 0.454. The van der Waals surface area contributed by atoms with Gasteiger partial charge in [0.15, 0.2) is 10.8 Å². The van der Waals surface area contributed by atoms with Crippen LogP contribution >= 0.6 is 22.7 Å². The molecule has 5 aromatic rings. The number of aryl methyl sites for hydroxylation is 1. The predicted octanol–water partition coefficient (Wildman–Crippen LogP) is 5.04. The number of anilines is 1. The van der Waals surface area contributed by atoms with Gasteiger partial charge in [0.1, 0.15) is 0 Å². The van der Waals surface area contributed by atoms with E-state index in [1.165, 1.54) is 11.3 Å². The SMILES string of the molecule is CCn1ncc2c(C(=O)Nc3nc4ccccc4s3)cc(-c3cccs3)nc21. The first-order chi connectivity index (χ1) is 13.7. The van der Waals surface area contributed by atoms with E-state index in [0.29, 0.717) is 22.9 Å². The fourth-order valence-corrected chi connectivity index (χ4v) is 4.65. The Hall–Kier alpha value is -3.10. The van der Waals surface area contributed by atoms with Gasteiger partial charge in [0.2, 0.25) is 0 Å². The molecule has 0 bridgehead atoms. The summed E-state index contributed by atoms with van der Waals surface area (Å²) in [6, 6.07) is 13.6. The molecule has 0 aliphatic heterocycles. The zero-order valence-electron chi connectivity index (χ0n) is 14.9. The highest BCUT2D eigenvalue weighted by molar-refractivity contribution is 7.22. The smallest absolute Gasteiger partial charge is 0.258 e. The minimum Gasteiger partial charge on any atom is -0.298 e. The number of hydrogen-bond donors (Lipinski definition) is 1. The molecule has 1 amide bonds. The summed E-state index contributed by atoms with van der Waals surface area (Å²) in [7, 11) is 0. The molecule has 0 saturated carbocycles. The Morgan fingerprint density at radius 3 is 2.86 bits per heavy atom. The third-order valence-electron chi connectivity index (χ3n) is 4.44. The van der Waals surface area contributed by atoms with Crippen LogP contribution in [0.15, 0.2) is 54.0 Å². The lowest BCUT2D eigenvalue weighted by atomic mass is 10.1. The first kappa shape index (κ1) is 17.0. The average molecular weight is 406 g/mol. The summed E-state index contributed by atoms with van der Waals surface area (Å²) >= 11 is 3.05. The largest absolute Gasteiger partial charge is 0.298 e. The van der Waals surface area contributed by atoms with Gasteiger partial charge in [0, 0.05) is 6.54 Å². The van der Waals surface area contributed by atoms with Crippen LogP contribution in [-0.2, 0) is 6.54 Å². The molecule has 0 saturated heterocycles. The fourth-order valence-electron chi connectivity index (χ4n) is 3.11. The van der Waals surface area contributed by atoms with Crippen molar-refractivity contribution in [3.05, 3.63) is 59.6 Å². The van der Waals surface area contributed by atoms with E-state index >= 15 is 0 Å². The Kier molecular flexibility index (Phi) is 4.14. The van der Waals surface area contributed by atoms with Crippen LogP contribution in [0.3, 0.4) is 0 Å². The summed E-state index contributed by atoms with van der Waals surface area (Å²) in [5.74, 6) is -0.208. The van der Waals surface area contributed by atoms with E-state index < -0.39 is 0 Å². The normalized spacial score (nSPS) is 11.3. The van der Waals surface area contributed by atoms with Crippen LogP contribution in [0.4, 0.5) is 5.13 Å². The Labute approximate surface area is 168 Å². The summed E-state index contributed by atoms with van der Waals surface area (Å²) in [6.07, 6.45) is 1.71. The van der Waals surface area contributed by atoms with Gasteiger partial charge in [0.25, 0.3) is 5.91 Å². The van der Waals surface area contributed by atoms with Crippen molar-refractivity contribution >= 4 is 55.0 Å². The molecule has 4 heterocycles. The second kappa shape index (κ2) is 6.81. The standard InChI is InChI=1S/C20H15N5OS2/c1-2-25-18-13(11-21-25)12(10-15(22-18)16-8-5-9-27-16)19(26)24-20-23-14-6-3-4-7-17(14)28-20/h3-11H,2H2,1H3,(H,23,24,26). The predicted molar refractivity (Wildman–Crippen MR) is 114 cm³/mol. The number of benzene rings is 1. The van der Waals surface area contributed by atoms with E-state index in [1.807, 2.05) is 54.8 Å². The first-order valence-electron chi connectivity index (χ1n) is 8.80. The molecule has 8 heteroatoms. The number of thiazole rings is 1. The minimum atomic E-state index is -0.208. The number of amides is 1. The number of para-hydroxylation sites is 1. The van der Waals surface area contributed by atoms with Gasteiger partial charge in [-0.3, -0.25) is 10.1 Å². The average Bonchev–Trinajstić information content (AvgIpc) is 3.45. The van der Waals surface area contributed by atoms with Crippen LogP contribution in [-0.4, -0.2) is 25.7 Å². The van der Waals surface area contributed by atoms with Gasteiger partial charge in [-0.1, -0.05) is 29.5 Å². The van der Waals surface area contributed by atoms with Crippen molar-refractivity contribution in [1.82, 2.24) is 19.7 Å². The third kappa shape index (κ3) is 2.87. The molecule has 1 aromatic carbocycles. The molecular formula is C20H15N5OS2. The zero-order chi connectivity index (χ0) is 19.1. The number of aromatic nitrogens is 4. The molecule has 0 aliphatic rings. The number of carbonyl (C=O) groups is 1. The molecule has 28 heavy (non-hydrogen) atoms. The monoisotopic (exact) mass is 405 g/mol. The highest BCUT2D eigenvalue weighted by atomic mass is 32.1. The topological polar surface area (TPSA) is 72.7 Å². The Morgan fingerprint density at radius 1 is 1.18 bits per heavy atom. The van der Waals surface area contributed by atoms with Crippen LogP contribution in [0, 0.1) is 0 Å². The number of carbonyl (C=O) groups excluding carboxylic acids is 1. The van der Waals surface area contributed by atoms with Gasteiger partial charge in [0.05, 0.1) is 37.9 Å². The lowest BCUT2D eigenvalue weighted by molar-refractivity contribution is 0.102. The Morgan fingerprint density at radius 2 is 2.07 bits per heavy atom. The number of thiophene rings is 1. The molecule has 0 unspecified atom stereocenters. The molecule has 6 nitrogen and oxygen atoms in total. The lowest BCUT2D eigenvalue weighted by Gasteiger charge is -2.07. The Bertz CT molecular complexity index is 1270. The molecule has 1 N–H and O–H groups in total. The van der Waals surface area contributed by atoms with Crippen LogP contribution in [0.25, 0.3) is 31.8 Å². The van der Waals surface area contributed by atoms with Crippen LogP contribution in [0.5, 0.6) is 0 Å². The highest BCUT2D eigenvalue weighted by Crippen LogP contribution is 2.30. The number of nitrogens with one attached hydrogen (secondary N) is 1. The van der Waals surface area contributed by atoms with Crippen LogP contribution in [0.1, 0.15) is 17.3 Å². The number of hydrogen-bond acceptors (Lipinski definition) is 6. The van der Waals surface area contributed by atoms with E-state index in [4.69, 9.17) is 4.98 Å². The molecule has 4 aromatic heterocycles. The minimum absolute atomic E-state index is 0.208. The number of fused-ring (bicyclic) bond motifs is 2. The maximum Gasteiger partial charge on any atom is 0.258 e. The van der Waals surface area contributed by atoms with Crippen molar-refractivity contribution in [2.45, 2.75) is 13.5 Å². The highest BCUT2D eigenvalue weighted by Gasteiger charge is 2.18. The molecule has 0 aliphatic carbocycles. The molecule has 0 fully saturated rings. The maximum atomic E-state index is 13.1. The molecule has 5 rings (SSSR count). The van der Waals surface area contributed by atoms with Crippen molar-refractivity contribution in [3.63, 3.8) is 0 Å². The summed E-state index contributed by atoms with van der Waals surface area (Å²) in [4.78, 5) is 23.4. The maximum absolute atomic E-state index is 13.1. The zero-order valence-corrected chi connectivity index (χ0v) is 16.5. The summed E-state index contributed by atoms with van der Waals surface area (Å²) in [6.45, 7) is 2.69. The van der Waals surface area contributed by atoms with Crippen LogP contribution in [0.2, 0.25) is 0 Å². The second-order valence-electron chi connectivity index (χ2n) is 6.17. The van der Waals surface area contributed by atoms with Crippen molar-refractivity contribution in [3.8, 4) is 10.6 Å². The van der Waals surface area contributed by atoms with E-state index in [9.17, 15) is 4.79 Å². The van der Waals surface area contributed by atoms with Gasteiger partial charge in [-0.2, -0.15) is 5.10 Å².